The van der Waals surface area contributed by atoms with Crippen molar-refractivity contribution < 1.29 is 19.9 Å². The van der Waals surface area contributed by atoms with E-state index in [2.05, 4.69) is 5.32 Å². The van der Waals surface area contributed by atoms with Crippen LogP contribution in [0.3, 0.4) is 0 Å². The number of rotatable bonds is 8. The average Bonchev–Trinajstić information content (AvgIpc) is 2.51. The van der Waals surface area contributed by atoms with E-state index in [0.29, 0.717) is 12.3 Å². The zero-order chi connectivity index (χ0) is 17.4. The number of carboxylic acids is 1. The topological polar surface area (TPSA) is 98.7 Å². The molecule has 0 saturated carbocycles. The van der Waals surface area contributed by atoms with Crippen molar-refractivity contribution in [1.29, 1.82) is 0 Å². The number of carboxylic acid groups (broad SMARTS) is 1. The third kappa shape index (κ3) is 6.63. The van der Waals surface area contributed by atoms with Crippen LogP contribution in [-0.2, 0) is 9.59 Å². The molecule has 0 aliphatic heterocycles. The van der Waals surface area contributed by atoms with Crippen molar-refractivity contribution in [2.45, 2.75) is 39.3 Å². The van der Waals surface area contributed by atoms with Crippen molar-refractivity contribution >= 4 is 18.0 Å². The highest BCUT2D eigenvalue weighted by Crippen LogP contribution is 2.17. The zero-order valence-corrected chi connectivity index (χ0v) is 13.6. The van der Waals surface area contributed by atoms with Crippen molar-refractivity contribution in [2.24, 2.45) is 5.92 Å². The summed E-state index contributed by atoms with van der Waals surface area (Å²) in [4.78, 5) is 22.2. The van der Waals surface area contributed by atoms with Crippen LogP contribution in [0, 0.1) is 5.92 Å². The molecule has 126 valence electrons. The van der Waals surface area contributed by atoms with Gasteiger partial charge in [0, 0.05) is 12.1 Å². The predicted octanol–water partition coefficient (Wildman–Crippen LogP) is 2.36. The Kier molecular flexibility index (Phi) is 7.44. The van der Waals surface area contributed by atoms with E-state index in [-0.39, 0.29) is 6.04 Å². The summed E-state index contributed by atoms with van der Waals surface area (Å²) >= 11 is 0. The Balaban J connectivity index is 2.72. The first kappa shape index (κ1) is 18.9. The second-order valence-corrected chi connectivity index (χ2v) is 5.88. The third-order valence-corrected chi connectivity index (χ3v) is 3.43. The molecule has 1 aromatic rings. The molecule has 0 spiro atoms. The molecule has 6 nitrogen and oxygen atoms in total. The molecular weight excluding hydrogens is 296 g/mol. The molecule has 23 heavy (non-hydrogen) atoms. The van der Waals surface area contributed by atoms with Crippen molar-refractivity contribution in [3.05, 3.63) is 41.5 Å². The van der Waals surface area contributed by atoms with Crippen LogP contribution >= 0.6 is 0 Å². The zero-order valence-electron chi connectivity index (χ0n) is 13.6. The van der Waals surface area contributed by atoms with E-state index in [9.17, 15) is 14.7 Å². The molecule has 0 saturated heterocycles. The standard InChI is InChI=1S/C17H24N2O4/c1-11(2)10-15(17(21)22)18-12(3)14-7-4-13(5-8-14)6-9-16(20)19-23/h4-9,11-12,15,18,23H,10H2,1-3H3,(H,19,20)(H,21,22)/t12?,15-/m0/s1. The number of aliphatic carboxylic acids is 1. The second kappa shape index (κ2) is 9.07. The van der Waals surface area contributed by atoms with E-state index in [1.54, 1.807) is 6.08 Å². The number of hydroxylamine groups is 1. The fourth-order valence-electron chi connectivity index (χ4n) is 2.21. The minimum atomic E-state index is -0.847. The van der Waals surface area contributed by atoms with Crippen molar-refractivity contribution in [3.8, 4) is 0 Å². The summed E-state index contributed by atoms with van der Waals surface area (Å²) < 4.78 is 0. The van der Waals surface area contributed by atoms with Crippen LogP contribution in [-0.4, -0.2) is 28.2 Å². The van der Waals surface area contributed by atoms with Gasteiger partial charge >= 0.3 is 5.97 Å². The lowest BCUT2D eigenvalue weighted by atomic mass is 10.0. The summed E-state index contributed by atoms with van der Waals surface area (Å²) in [6.45, 7) is 5.90. The van der Waals surface area contributed by atoms with E-state index >= 15 is 0 Å². The number of benzene rings is 1. The van der Waals surface area contributed by atoms with Crippen LogP contribution < -0.4 is 10.8 Å². The van der Waals surface area contributed by atoms with Gasteiger partial charge in [0.05, 0.1) is 0 Å². The molecule has 1 aromatic carbocycles. The number of amides is 1. The first-order valence-corrected chi connectivity index (χ1v) is 7.54. The lowest BCUT2D eigenvalue weighted by molar-refractivity contribution is -0.140. The minimum Gasteiger partial charge on any atom is -0.480 e. The van der Waals surface area contributed by atoms with Crippen molar-refractivity contribution in [1.82, 2.24) is 10.8 Å². The monoisotopic (exact) mass is 320 g/mol. The normalized spacial score (nSPS) is 14.0. The number of nitrogens with one attached hydrogen (secondary N) is 2. The fourth-order valence-corrected chi connectivity index (χ4v) is 2.21. The van der Waals surface area contributed by atoms with E-state index in [4.69, 9.17) is 5.21 Å². The first-order valence-electron chi connectivity index (χ1n) is 7.54. The van der Waals surface area contributed by atoms with Crippen LogP contribution in [0.5, 0.6) is 0 Å². The average molecular weight is 320 g/mol. The Morgan fingerprint density at radius 1 is 1.17 bits per heavy atom. The van der Waals surface area contributed by atoms with Crippen molar-refractivity contribution in [3.63, 3.8) is 0 Å². The molecule has 0 aliphatic rings. The Hall–Kier alpha value is -2.18. The summed E-state index contributed by atoms with van der Waals surface area (Å²) in [6.07, 6.45) is 3.36. The summed E-state index contributed by atoms with van der Waals surface area (Å²) in [5.74, 6) is -1.15. The SMILES string of the molecule is CC(C)C[C@H](NC(C)c1ccc(C=CC(=O)NO)cc1)C(=O)O. The number of carbonyl (C=O) groups is 2. The van der Waals surface area contributed by atoms with Crippen LogP contribution in [0.15, 0.2) is 30.3 Å². The summed E-state index contributed by atoms with van der Waals surface area (Å²) in [6, 6.07) is 6.72. The molecule has 1 rings (SSSR count). The van der Waals surface area contributed by atoms with Gasteiger partial charge in [0.2, 0.25) is 0 Å². The maximum atomic E-state index is 11.3. The number of carbonyl (C=O) groups excluding carboxylic acids is 1. The van der Waals surface area contributed by atoms with Gasteiger partial charge in [-0.25, -0.2) is 5.48 Å². The van der Waals surface area contributed by atoms with Gasteiger partial charge in [0.1, 0.15) is 6.04 Å². The highest BCUT2D eigenvalue weighted by Gasteiger charge is 2.21. The lowest BCUT2D eigenvalue weighted by Gasteiger charge is -2.22. The quantitative estimate of drug-likeness (QED) is 0.335. The van der Waals surface area contributed by atoms with E-state index in [1.807, 2.05) is 45.0 Å². The Morgan fingerprint density at radius 2 is 1.78 bits per heavy atom. The maximum Gasteiger partial charge on any atom is 0.320 e. The van der Waals surface area contributed by atoms with E-state index < -0.39 is 17.9 Å². The predicted molar refractivity (Wildman–Crippen MR) is 87.8 cm³/mol. The minimum absolute atomic E-state index is 0.103. The lowest BCUT2D eigenvalue weighted by Crippen LogP contribution is -2.39. The van der Waals surface area contributed by atoms with Crippen LogP contribution in [0.2, 0.25) is 0 Å². The summed E-state index contributed by atoms with van der Waals surface area (Å²) in [5.41, 5.74) is 3.29. The van der Waals surface area contributed by atoms with Gasteiger partial charge in [-0.1, -0.05) is 38.1 Å². The molecule has 1 amide bonds. The molecule has 0 bridgehead atoms. The van der Waals surface area contributed by atoms with Crippen molar-refractivity contribution in [2.75, 3.05) is 0 Å². The summed E-state index contributed by atoms with van der Waals surface area (Å²) in [5, 5.41) is 20.8. The van der Waals surface area contributed by atoms with Crippen LogP contribution in [0.25, 0.3) is 6.08 Å². The molecule has 0 aromatic heterocycles. The highest BCUT2D eigenvalue weighted by molar-refractivity contribution is 5.90. The largest absolute Gasteiger partial charge is 0.480 e. The third-order valence-electron chi connectivity index (χ3n) is 3.43. The van der Waals surface area contributed by atoms with Gasteiger partial charge in [0.25, 0.3) is 5.91 Å². The second-order valence-electron chi connectivity index (χ2n) is 5.88. The summed E-state index contributed by atoms with van der Waals surface area (Å²) in [7, 11) is 0. The van der Waals surface area contributed by atoms with Crippen LogP contribution in [0.4, 0.5) is 0 Å². The van der Waals surface area contributed by atoms with Gasteiger partial charge in [-0.2, -0.15) is 0 Å². The van der Waals surface area contributed by atoms with Gasteiger partial charge in [0.15, 0.2) is 0 Å². The van der Waals surface area contributed by atoms with E-state index in [0.717, 1.165) is 11.1 Å². The molecule has 0 aliphatic carbocycles. The Morgan fingerprint density at radius 3 is 2.26 bits per heavy atom. The molecule has 4 N–H and O–H groups in total. The Bertz CT molecular complexity index is 552. The molecule has 2 atom stereocenters. The molecule has 0 heterocycles. The van der Waals surface area contributed by atoms with Crippen LogP contribution in [0.1, 0.15) is 44.4 Å². The van der Waals surface area contributed by atoms with Gasteiger partial charge < -0.3 is 5.11 Å². The molecule has 0 radical (unpaired) electrons. The Labute approximate surface area is 136 Å². The van der Waals surface area contributed by atoms with Gasteiger partial charge in [-0.3, -0.25) is 20.1 Å². The number of hydrogen-bond donors (Lipinski definition) is 4. The smallest absolute Gasteiger partial charge is 0.320 e. The first-order chi connectivity index (χ1) is 10.8. The molecular formula is C17H24N2O4. The maximum absolute atomic E-state index is 11.3. The number of hydrogen-bond acceptors (Lipinski definition) is 4. The highest BCUT2D eigenvalue weighted by atomic mass is 16.5. The fraction of sp³-hybridized carbons (Fsp3) is 0.412. The molecule has 6 heteroatoms. The van der Waals surface area contributed by atoms with Gasteiger partial charge in [-0.05, 0) is 36.5 Å². The molecule has 0 fully saturated rings. The van der Waals surface area contributed by atoms with Gasteiger partial charge in [-0.15, -0.1) is 0 Å². The van der Waals surface area contributed by atoms with E-state index in [1.165, 1.54) is 11.6 Å². The molecule has 1 unspecified atom stereocenters.